The highest BCUT2D eigenvalue weighted by Crippen LogP contribution is 2.22. The molecule has 1 heterocycles. The minimum atomic E-state index is -3.85. The highest BCUT2D eigenvalue weighted by Gasteiger charge is 2.24. The molecule has 0 atom stereocenters. The van der Waals surface area contributed by atoms with E-state index in [0.29, 0.717) is 42.7 Å². The van der Waals surface area contributed by atoms with E-state index in [1.165, 1.54) is 11.6 Å². The fraction of sp³-hybridized carbons (Fsp3) is 0.440. The van der Waals surface area contributed by atoms with Crippen molar-refractivity contribution in [3.63, 3.8) is 0 Å². The molecular formula is C25H33N3O4S. The predicted octanol–water partition coefficient (Wildman–Crippen LogP) is 3.88. The average molecular weight is 472 g/mol. The van der Waals surface area contributed by atoms with E-state index in [9.17, 15) is 18.0 Å². The zero-order valence-electron chi connectivity index (χ0n) is 19.6. The van der Waals surface area contributed by atoms with E-state index in [1.54, 1.807) is 43.0 Å². The zero-order chi connectivity index (χ0) is 24.0. The van der Waals surface area contributed by atoms with Crippen LogP contribution < -0.4 is 10.0 Å². The second-order valence-electron chi connectivity index (χ2n) is 8.64. The predicted molar refractivity (Wildman–Crippen MR) is 130 cm³/mol. The molecule has 1 saturated heterocycles. The number of likely N-dealkylation sites (tertiary alicyclic amines) is 1. The number of nitrogens with zero attached hydrogens (tertiary/aromatic N) is 1. The van der Waals surface area contributed by atoms with Crippen LogP contribution in [0.4, 0.5) is 5.69 Å². The maximum atomic E-state index is 13.1. The minimum Gasteiger partial charge on any atom is -0.349 e. The van der Waals surface area contributed by atoms with Gasteiger partial charge >= 0.3 is 0 Å². The number of hydrogen-bond acceptors (Lipinski definition) is 4. The van der Waals surface area contributed by atoms with Gasteiger partial charge in [-0.1, -0.05) is 31.5 Å². The molecule has 2 amide bonds. The first-order chi connectivity index (χ1) is 15.7. The molecule has 0 aliphatic carbocycles. The van der Waals surface area contributed by atoms with Crippen LogP contribution in [0.15, 0.2) is 47.4 Å². The van der Waals surface area contributed by atoms with Crippen molar-refractivity contribution in [1.29, 1.82) is 0 Å². The van der Waals surface area contributed by atoms with E-state index in [4.69, 9.17) is 0 Å². The van der Waals surface area contributed by atoms with Crippen molar-refractivity contribution in [1.82, 2.24) is 10.2 Å². The van der Waals surface area contributed by atoms with Crippen LogP contribution in [0.1, 0.15) is 61.0 Å². The molecule has 3 rings (SSSR count). The number of unbranched alkanes of at least 4 members (excludes halogenated alkanes) is 1. The summed E-state index contributed by atoms with van der Waals surface area (Å²) in [5.41, 5.74) is 2.52. The molecule has 0 spiro atoms. The Hall–Kier alpha value is -2.87. The van der Waals surface area contributed by atoms with Crippen molar-refractivity contribution in [3.8, 4) is 0 Å². The van der Waals surface area contributed by atoms with Crippen LogP contribution in [0.25, 0.3) is 0 Å². The van der Waals surface area contributed by atoms with E-state index >= 15 is 0 Å². The third-order valence-corrected chi connectivity index (χ3v) is 7.56. The maximum absolute atomic E-state index is 13.1. The Balaban J connectivity index is 1.69. The van der Waals surface area contributed by atoms with Gasteiger partial charge in [-0.3, -0.25) is 14.3 Å². The van der Waals surface area contributed by atoms with Gasteiger partial charge in [0.15, 0.2) is 0 Å². The van der Waals surface area contributed by atoms with Crippen LogP contribution in [0.3, 0.4) is 0 Å². The molecule has 33 heavy (non-hydrogen) atoms. The highest BCUT2D eigenvalue weighted by molar-refractivity contribution is 7.92. The summed E-state index contributed by atoms with van der Waals surface area (Å²) in [5, 5.41) is 2.97. The topological polar surface area (TPSA) is 95.6 Å². The summed E-state index contributed by atoms with van der Waals surface area (Å²) in [6.07, 6.45) is 4.52. The molecule has 1 aliphatic rings. The van der Waals surface area contributed by atoms with Gasteiger partial charge in [0.05, 0.1) is 4.90 Å². The third kappa shape index (κ3) is 6.57. The second kappa shape index (κ2) is 10.8. The molecule has 1 aliphatic heterocycles. The molecule has 8 heteroatoms. The highest BCUT2D eigenvalue weighted by atomic mass is 32.2. The molecule has 2 aromatic rings. The summed E-state index contributed by atoms with van der Waals surface area (Å²) in [6.45, 7) is 6.60. The standard InChI is InChI=1S/C25H33N3O4S/c1-4-5-6-20-8-11-23(12-9-20)27-33(31,32)24-17-21(10-7-18(24)2)25(30)26-22-13-15-28(16-14-22)19(3)29/h7-12,17,22,27H,4-6,13-16H2,1-3H3,(H,26,30). The number of sulfonamides is 1. The molecule has 2 N–H and O–H groups in total. The average Bonchev–Trinajstić information content (AvgIpc) is 2.79. The lowest BCUT2D eigenvalue weighted by molar-refractivity contribution is -0.129. The first-order valence-electron chi connectivity index (χ1n) is 11.5. The minimum absolute atomic E-state index is 0.0382. The number of carbonyl (C=O) groups excluding carboxylic acids is 2. The van der Waals surface area contributed by atoms with Gasteiger partial charge in [-0.05, 0) is 68.0 Å². The lowest BCUT2D eigenvalue weighted by atomic mass is 10.0. The van der Waals surface area contributed by atoms with Gasteiger partial charge < -0.3 is 10.2 Å². The number of amides is 2. The van der Waals surface area contributed by atoms with Crippen LogP contribution in [-0.4, -0.2) is 44.3 Å². The van der Waals surface area contributed by atoms with Gasteiger partial charge in [0.2, 0.25) is 5.91 Å². The molecule has 0 radical (unpaired) electrons. The van der Waals surface area contributed by atoms with E-state index < -0.39 is 10.0 Å². The first-order valence-corrected chi connectivity index (χ1v) is 13.0. The van der Waals surface area contributed by atoms with Crippen molar-refractivity contribution in [3.05, 3.63) is 59.2 Å². The van der Waals surface area contributed by atoms with Crippen molar-refractivity contribution < 1.29 is 18.0 Å². The van der Waals surface area contributed by atoms with Crippen molar-refractivity contribution in [2.45, 2.75) is 63.8 Å². The number of hydrogen-bond donors (Lipinski definition) is 2. The molecule has 0 aromatic heterocycles. The van der Waals surface area contributed by atoms with Gasteiger partial charge in [0, 0.05) is 37.3 Å². The number of aryl methyl sites for hydroxylation is 2. The monoisotopic (exact) mass is 471 g/mol. The second-order valence-corrected chi connectivity index (χ2v) is 10.3. The largest absolute Gasteiger partial charge is 0.349 e. The van der Waals surface area contributed by atoms with Gasteiger partial charge in [-0.15, -0.1) is 0 Å². The van der Waals surface area contributed by atoms with Crippen LogP contribution in [-0.2, 0) is 21.2 Å². The Bertz CT molecular complexity index is 1090. The molecule has 178 valence electrons. The van der Waals surface area contributed by atoms with Crippen molar-refractivity contribution in [2.75, 3.05) is 17.8 Å². The molecular weight excluding hydrogens is 438 g/mol. The van der Waals surface area contributed by atoms with E-state index in [1.807, 2.05) is 12.1 Å². The van der Waals surface area contributed by atoms with Gasteiger partial charge in [0.25, 0.3) is 15.9 Å². The SMILES string of the molecule is CCCCc1ccc(NS(=O)(=O)c2cc(C(=O)NC3CCN(C(C)=O)CC3)ccc2C)cc1. The summed E-state index contributed by atoms with van der Waals surface area (Å²) < 4.78 is 28.8. The van der Waals surface area contributed by atoms with Crippen molar-refractivity contribution >= 4 is 27.5 Å². The third-order valence-electron chi connectivity index (χ3n) is 6.04. The van der Waals surface area contributed by atoms with Crippen LogP contribution in [0.2, 0.25) is 0 Å². The number of piperidine rings is 1. The van der Waals surface area contributed by atoms with Gasteiger partial charge in [-0.2, -0.15) is 0 Å². The van der Waals surface area contributed by atoms with Crippen LogP contribution >= 0.6 is 0 Å². The Morgan fingerprint density at radius 3 is 2.33 bits per heavy atom. The summed E-state index contributed by atoms with van der Waals surface area (Å²) in [4.78, 5) is 26.1. The maximum Gasteiger partial charge on any atom is 0.262 e. The lowest BCUT2D eigenvalue weighted by Gasteiger charge is -2.31. The summed E-state index contributed by atoms with van der Waals surface area (Å²) >= 11 is 0. The molecule has 0 saturated carbocycles. The molecule has 2 aromatic carbocycles. The van der Waals surface area contributed by atoms with Crippen molar-refractivity contribution in [2.24, 2.45) is 0 Å². The lowest BCUT2D eigenvalue weighted by Crippen LogP contribution is -2.46. The van der Waals surface area contributed by atoms with Crippen LogP contribution in [0, 0.1) is 6.92 Å². The number of rotatable bonds is 8. The number of benzene rings is 2. The summed E-state index contributed by atoms with van der Waals surface area (Å²) in [5.74, 6) is -0.274. The van der Waals surface area contributed by atoms with Gasteiger partial charge in [0.1, 0.15) is 0 Å². The van der Waals surface area contributed by atoms with E-state index in [-0.39, 0.29) is 22.8 Å². The number of carbonyl (C=O) groups is 2. The Morgan fingerprint density at radius 2 is 1.73 bits per heavy atom. The van der Waals surface area contributed by atoms with E-state index in [2.05, 4.69) is 17.0 Å². The quantitative estimate of drug-likeness (QED) is 0.611. The normalized spacial score (nSPS) is 14.7. The Morgan fingerprint density at radius 1 is 1.06 bits per heavy atom. The first kappa shape index (κ1) is 24.8. The molecule has 7 nitrogen and oxygen atoms in total. The van der Waals surface area contributed by atoms with Gasteiger partial charge in [-0.25, -0.2) is 8.42 Å². The zero-order valence-corrected chi connectivity index (χ0v) is 20.4. The Labute approximate surface area is 196 Å². The molecule has 0 unspecified atom stereocenters. The number of anilines is 1. The fourth-order valence-corrected chi connectivity index (χ4v) is 5.30. The fourth-order valence-electron chi connectivity index (χ4n) is 3.97. The summed E-state index contributed by atoms with van der Waals surface area (Å²) in [6, 6.07) is 12.1. The Kier molecular flexibility index (Phi) is 8.13. The molecule has 1 fully saturated rings. The summed E-state index contributed by atoms with van der Waals surface area (Å²) in [7, 11) is -3.85. The smallest absolute Gasteiger partial charge is 0.262 e. The van der Waals surface area contributed by atoms with Crippen LogP contribution in [0.5, 0.6) is 0 Å². The van der Waals surface area contributed by atoms with E-state index in [0.717, 1.165) is 19.3 Å². The molecule has 0 bridgehead atoms. The number of nitrogens with one attached hydrogen (secondary N) is 2.